The van der Waals surface area contributed by atoms with Gasteiger partial charge < -0.3 is 24.7 Å². The van der Waals surface area contributed by atoms with E-state index in [4.69, 9.17) is 21.0 Å². The summed E-state index contributed by atoms with van der Waals surface area (Å²) in [5, 5.41) is 8.26. The van der Waals surface area contributed by atoms with E-state index in [9.17, 15) is 0 Å². The highest BCUT2D eigenvalue weighted by Gasteiger charge is 2.27. The summed E-state index contributed by atoms with van der Waals surface area (Å²) in [6.45, 7) is 19.3. The third-order valence-corrected chi connectivity index (χ3v) is 8.70. The van der Waals surface area contributed by atoms with Crippen LogP contribution >= 0.6 is 0 Å². The number of aryl methyl sites for hydroxylation is 1. The van der Waals surface area contributed by atoms with Gasteiger partial charge in [0.2, 0.25) is 5.95 Å². The first-order valence-electron chi connectivity index (χ1n) is 13.2. The van der Waals surface area contributed by atoms with E-state index in [2.05, 4.69) is 50.9 Å². The Morgan fingerprint density at radius 1 is 1.19 bits per heavy atom. The van der Waals surface area contributed by atoms with Crippen molar-refractivity contribution >= 4 is 30.6 Å². The minimum Gasteiger partial charge on any atom is -0.383 e. The normalized spacial score (nSPS) is 17.8. The van der Waals surface area contributed by atoms with Crippen LogP contribution in [0.2, 0.25) is 25.7 Å². The van der Waals surface area contributed by atoms with E-state index < -0.39 is 8.07 Å². The summed E-state index contributed by atoms with van der Waals surface area (Å²) < 4.78 is 13.4. The standard InChI is InChI=1S/C28H40N6O2Si/c1-20-17-31-28(32-25-9-7-8-24(25)30-12-13-35-3)33-27(20)23-18-34(19-36-14-15-37(4,5)6)26-16-21(29-2)10-11-22(23)26/h10-11,16-18,24-25,30H,7-9,12-15,19H2,1,3-6H3,(H,31,32,33)/t24-,25-/m0/s1. The van der Waals surface area contributed by atoms with E-state index >= 15 is 0 Å². The van der Waals surface area contributed by atoms with Gasteiger partial charge in [0, 0.05) is 69.3 Å². The van der Waals surface area contributed by atoms with Gasteiger partial charge in [-0.1, -0.05) is 31.8 Å². The summed E-state index contributed by atoms with van der Waals surface area (Å²) in [4.78, 5) is 13.2. The van der Waals surface area contributed by atoms with Crippen LogP contribution in [0.15, 0.2) is 30.6 Å². The second-order valence-electron chi connectivity index (χ2n) is 11.1. The second-order valence-corrected chi connectivity index (χ2v) is 16.8. The van der Waals surface area contributed by atoms with Crippen molar-refractivity contribution in [1.82, 2.24) is 19.9 Å². The molecule has 198 valence electrons. The van der Waals surface area contributed by atoms with Crippen LogP contribution in [0.25, 0.3) is 27.0 Å². The highest BCUT2D eigenvalue weighted by Crippen LogP contribution is 2.34. The fourth-order valence-corrected chi connectivity index (χ4v) is 5.62. The molecule has 1 aliphatic carbocycles. The van der Waals surface area contributed by atoms with Crippen LogP contribution in [0.3, 0.4) is 0 Å². The molecule has 0 spiro atoms. The van der Waals surface area contributed by atoms with Crippen molar-refractivity contribution in [3.05, 3.63) is 47.6 Å². The Balaban J connectivity index is 1.60. The SMILES string of the molecule is [C-]#[N+]c1ccc2c(-c3nc(N[C@H]4CCC[C@@H]4NCCOC)ncc3C)cn(COCC[Si](C)(C)C)c2c1. The fourth-order valence-electron chi connectivity index (χ4n) is 4.86. The summed E-state index contributed by atoms with van der Waals surface area (Å²) in [5.74, 6) is 0.649. The predicted molar refractivity (Wildman–Crippen MR) is 153 cm³/mol. The Hall–Kier alpha value is -2.77. The zero-order chi connectivity index (χ0) is 26.4. The Morgan fingerprint density at radius 3 is 2.76 bits per heavy atom. The van der Waals surface area contributed by atoms with E-state index in [0.717, 1.165) is 59.8 Å². The Kier molecular flexibility index (Phi) is 8.98. The third-order valence-electron chi connectivity index (χ3n) is 6.99. The molecule has 2 N–H and O–H groups in total. The summed E-state index contributed by atoms with van der Waals surface area (Å²) in [6.07, 6.45) is 7.40. The molecule has 1 fully saturated rings. The van der Waals surface area contributed by atoms with Crippen LogP contribution in [0, 0.1) is 13.5 Å². The van der Waals surface area contributed by atoms with E-state index in [1.165, 1.54) is 6.42 Å². The Bertz CT molecular complexity index is 1250. The molecule has 2 atom stereocenters. The minimum atomic E-state index is -1.16. The van der Waals surface area contributed by atoms with Gasteiger partial charge >= 0.3 is 0 Å². The van der Waals surface area contributed by atoms with Crippen LogP contribution in [0.1, 0.15) is 24.8 Å². The molecule has 8 nitrogen and oxygen atoms in total. The molecule has 2 aromatic heterocycles. The van der Waals surface area contributed by atoms with Gasteiger partial charge in [0.05, 0.1) is 18.9 Å². The van der Waals surface area contributed by atoms with Crippen molar-refractivity contribution in [3.63, 3.8) is 0 Å². The van der Waals surface area contributed by atoms with Crippen LogP contribution in [-0.2, 0) is 16.2 Å². The monoisotopic (exact) mass is 520 g/mol. The molecule has 4 rings (SSSR count). The molecule has 0 aliphatic heterocycles. The number of nitrogens with one attached hydrogen (secondary N) is 2. The lowest BCUT2D eigenvalue weighted by Crippen LogP contribution is -2.41. The predicted octanol–water partition coefficient (Wildman–Crippen LogP) is 5.84. The summed E-state index contributed by atoms with van der Waals surface area (Å²) in [7, 11) is 0.565. The van der Waals surface area contributed by atoms with Gasteiger partial charge in [-0.2, -0.15) is 0 Å². The number of methoxy groups -OCH3 is 1. The highest BCUT2D eigenvalue weighted by atomic mass is 28.3. The molecule has 2 heterocycles. The zero-order valence-electron chi connectivity index (χ0n) is 22.8. The van der Waals surface area contributed by atoms with Gasteiger partial charge in [0.25, 0.3) is 0 Å². The highest BCUT2D eigenvalue weighted by molar-refractivity contribution is 6.76. The number of nitrogens with zero attached hydrogens (tertiary/aromatic N) is 4. The van der Waals surface area contributed by atoms with Crippen molar-refractivity contribution < 1.29 is 9.47 Å². The van der Waals surface area contributed by atoms with E-state index in [-0.39, 0.29) is 6.04 Å². The van der Waals surface area contributed by atoms with E-state index in [0.29, 0.717) is 31.0 Å². The number of anilines is 1. The van der Waals surface area contributed by atoms with Crippen molar-refractivity contribution in [3.8, 4) is 11.3 Å². The molecule has 9 heteroatoms. The van der Waals surface area contributed by atoms with Gasteiger partial charge in [0.15, 0.2) is 5.69 Å². The van der Waals surface area contributed by atoms with Gasteiger partial charge in [-0.3, -0.25) is 0 Å². The number of hydrogen-bond donors (Lipinski definition) is 2. The van der Waals surface area contributed by atoms with Gasteiger partial charge in [-0.05, 0) is 43.9 Å². The lowest BCUT2D eigenvalue weighted by atomic mass is 10.1. The molecule has 0 radical (unpaired) electrons. The molecule has 0 saturated heterocycles. The van der Waals surface area contributed by atoms with Crippen LogP contribution in [-0.4, -0.2) is 61.6 Å². The maximum atomic E-state index is 7.48. The summed E-state index contributed by atoms with van der Waals surface area (Å²) in [5.41, 5.74) is 4.56. The fraction of sp³-hybridized carbons (Fsp3) is 0.536. The molecule has 1 saturated carbocycles. The van der Waals surface area contributed by atoms with Crippen LogP contribution in [0.4, 0.5) is 11.6 Å². The number of fused-ring (bicyclic) bond motifs is 1. The Morgan fingerprint density at radius 2 is 2.00 bits per heavy atom. The number of ether oxygens (including phenoxy) is 2. The smallest absolute Gasteiger partial charge is 0.223 e. The molecule has 1 aliphatic rings. The molecule has 37 heavy (non-hydrogen) atoms. The second kappa shape index (κ2) is 12.2. The van der Waals surface area contributed by atoms with Gasteiger partial charge in [-0.25, -0.2) is 14.8 Å². The van der Waals surface area contributed by atoms with Crippen LogP contribution < -0.4 is 10.6 Å². The minimum absolute atomic E-state index is 0.287. The number of benzene rings is 1. The topological polar surface area (TPSA) is 77.6 Å². The molecule has 3 aromatic rings. The lowest BCUT2D eigenvalue weighted by Gasteiger charge is -2.22. The molecule has 0 unspecified atom stereocenters. The van der Waals surface area contributed by atoms with Crippen LogP contribution in [0.5, 0.6) is 0 Å². The van der Waals surface area contributed by atoms with Crippen molar-refractivity contribution in [2.75, 3.05) is 32.2 Å². The largest absolute Gasteiger partial charge is 0.383 e. The van der Waals surface area contributed by atoms with Crippen molar-refractivity contribution in [2.45, 2.75) is 70.7 Å². The maximum Gasteiger partial charge on any atom is 0.223 e. The Labute approximate surface area is 221 Å². The average molecular weight is 521 g/mol. The first-order chi connectivity index (χ1) is 17.8. The van der Waals surface area contributed by atoms with Crippen molar-refractivity contribution in [1.29, 1.82) is 0 Å². The summed E-state index contributed by atoms with van der Waals surface area (Å²) in [6, 6.07) is 7.63. The zero-order valence-corrected chi connectivity index (χ0v) is 23.8. The first kappa shape index (κ1) is 27.3. The van der Waals surface area contributed by atoms with Gasteiger partial charge in [-0.15, -0.1) is 0 Å². The number of hydrogen-bond acceptors (Lipinski definition) is 6. The molecular formula is C28H40N6O2Si. The molecular weight excluding hydrogens is 480 g/mol. The van der Waals surface area contributed by atoms with Gasteiger partial charge in [0.1, 0.15) is 6.73 Å². The van der Waals surface area contributed by atoms with E-state index in [1.54, 1.807) is 7.11 Å². The average Bonchev–Trinajstić information content (AvgIpc) is 3.46. The molecule has 1 aromatic carbocycles. The molecule has 0 bridgehead atoms. The van der Waals surface area contributed by atoms with E-state index in [1.807, 2.05) is 31.3 Å². The third kappa shape index (κ3) is 6.96. The van der Waals surface area contributed by atoms with Crippen molar-refractivity contribution in [2.24, 2.45) is 0 Å². The number of aromatic nitrogens is 3. The number of rotatable bonds is 12. The quantitative estimate of drug-likeness (QED) is 0.178. The summed E-state index contributed by atoms with van der Waals surface area (Å²) >= 11 is 0. The lowest BCUT2D eigenvalue weighted by molar-refractivity contribution is 0.0903. The molecule has 0 amide bonds. The first-order valence-corrected chi connectivity index (χ1v) is 16.9. The maximum absolute atomic E-state index is 7.48.